The van der Waals surface area contributed by atoms with Crippen molar-refractivity contribution in [2.75, 3.05) is 24.6 Å². The summed E-state index contributed by atoms with van der Waals surface area (Å²) in [6.07, 6.45) is 1.53. The van der Waals surface area contributed by atoms with Gasteiger partial charge in [-0.15, -0.1) is 6.58 Å². The summed E-state index contributed by atoms with van der Waals surface area (Å²) in [5.41, 5.74) is -0.0662. The quantitative estimate of drug-likeness (QED) is 0.437. The lowest BCUT2D eigenvalue weighted by Crippen LogP contribution is -2.28. The molecule has 0 aliphatic rings. The second kappa shape index (κ2) is 6.50. The molecule has 7 heteroatoms. The highest BCUT2D eigenvalue weighted by Gasteiger charge is 2.19. The lowest BCUT2D eigenvalue weighted by molar-refractivity contribution is -0.384. The largest absolute Gasteiger partial charge is 0.478 e. The fourth-order valence-corrected chi connectivity index (χ4v) is 1.66. The standard InChI is InChI=1S/C12H14N2O5/c1-2-5-13(6-7-15)11-8-9(14(18)19)3-4-10(11)12(16)17/h2-4,8,15H,1,5-7H2,(H,16,17). The summed E-state index contributed by atoms with van der Waals surface area (Å²) in [5, 5.41) is 28.8. The number of hydrogen-bond acceptors (Lipinski definition) is 5. The van der Waals surface area contributed by atoms with E-state index in [-0.39, 0.29) is 36.6 Å². The third kappa shape index (κ3) is 3.52. The Balaban J connectivity index is 3.32. The maximum atomic E-state index is 11.1. The van der Waals surface area contributed by atoms with Crippen LogP contribution < -0.4 is 4.90 Å². The number of anilines is 1. The predicted octanol–water partition coefficient (Wildman–Crippen LogP) is 1.28. The maximum absolute atomic E-state index is 11.1. The van der Waals surface area contributed by atoms with E-state index in [2.05, 4.69) is 6.58 Å². The minimum absolute atomic E-state index is 0.0547. The Morgan fingerprint density at radius 1 is 1.53 bits per heavy atom. The molecule has 1 aromatic carbocycles. The molecule has 0 aliphatic heterocycles. The van der Waals surface area contributed by atoms with Crippen LogP contribution in [0.1, 0.15) is 10.4 Å². The van der Waals surface area contributed by atoms with Crippen LogP contribution in [0.4, 0.5) is 11.4 Å². The summed E-state index contributed by atoms with van der Waals surface area (Å²) < 4.78 is 0. The average molecular weight is 266 g/mol. The SMILES string of the molecule is C=CCN(CCO)c1cc([N+](=O)[O-])ccc1C(=O)O. The number of aliphatic hydroxyl groups excluding tert-OH is 1. The van der Waals surface area contributed by atoms with Crippen molar-refractivity contribution in [2.45, 2.75) is 0 Å². The molecule has 0 aliphatic carbocycles. The van der Waals surface area contributed by atoms with Gasteiger partial charge in [0.2, 0.25) is 0 Å². The topological polar surface area (TPSA) is 104 Å². The monoisotopic (exact) mass is 266 g/mol. The van der Waals surface area contributed by atoms with Gasteiger partial charge in [-0.2, -0.15) is 0 Å². The minimum atomic E-state index is -1.18. The maximum Gasteiger partial charge on any atom is 0.337 e. The van der Waals surface area contributed by atoms with E-state index in [4.69, 9.17) is 10.2 Å². The van der Waals surface area contributed by atoms with Crippen LogP contribution in [0, 0.1) is 10.1 Å². The Bertz CT molecular complexity index is 501. The molecule has 0 heterocycles. The van der Waals surface area contributed by atoms with Gasteiger partial charge in [-0.05, 0) is 6.07 Å². The molecule has 19 heavy (non-hydrogen) atoms. The molecule has 2 N–H and O–H groups in total. The van der Waals surface area contributed by atoms with Crippen molar-refractivity contribution in [3.63, 3.8) is 0 Å². The summed E-state index contributed by atoms with van der Waals surface area (Å²) >= 11 is 0. The molecule has 0 spiro atoms. The first-order valence-corrected chi connectivity index (χ1v) is 5.49. The molecule has 0 bridgehead atoms. The summed E-state index contributed by atoms with van der Waals surface area (Å²) in [7, 11) is 0. The zero-order valence-corrected chi connectivity index (χ0v) is 10.2. The van der Waals surface area contributed by atoms with Gasteiger partial charge in [0.25, 0.3) is 5.69 Å². The Labute approximate surface area is 109 Å². The van der Waals surface area contributed by atoms with Crippen LogP contribution in [0.5, 0.6) is 0 Å². The van der Waals surface area contributed by atoms with E-state index in [1.807, 2.05) is 0 Å². The van der Waals surface area contributed by atoms with Crippen molar-refractivity contribution >= 4 is 17.3 Å². The fraction of sp³-hybridized carbons (Fsp3) is 0.250. The van der Waals surface area contributed by atoms with Gasteiger partial charge in [-0.1, -0.05) is 6.08 Å². The van der Waals surface area contributed by atoms with E-state index in [1.54, 1.807) is 0 Å². The first-order valence-electron chi connectivity index (χ1n) is 5.49. The molecule has 102 valence electrons. The smallest absolute Gasteiger partial charge is 0.337 e. The highest BCUT2D eigenvalue weighted by molar-refractivity contribution is 5.95. The highest BCUT2D eigenvalue weighted by Crippen LogP contribution is 2.26. The molecule has 0 saturated carbocycles. The summed E-state index contributed by atoms with van der Waals surface area (Å²) in [4.78, 5) is 22.8. The minimum Gasteiger partial charge on any atom is -0.478 e. The first kappa shape index (κ1) is 14.7. The number of aliphatic hydroxyl groups is 1. The molecule has 0 saturated heterocycles. The van der Waals surface area contributed by atoms with Gasteiger partial charge in [0.05, 0.1) is 22.8 Å². The number of non-ortho nitro benzene ring substituents is 1. The number of nitro groups is 1. The Morgan fingerprint density at radius 2 is 2.21 bits per heavy atom. The van der Waals surface area contributed by atoms with Gasteiger partial charge in [0.15, 0.2) is 0 Å². The Morgan fingerprint density at radius 3 is 2.68 bits per heavy atom. The van der Waals surface area contributed by atoms with Crippen molar-refractivity contribution in [1.29, 1.82) is 0 Å². The zero-order chi connectivity index (χ0) is 14.4. The molecule has 0 fully saturated rings. The molecule has 0 atom stereocenters. The average Bonchev–Trinajstić information content (AvgIpc) is 2.37. The molecular weight excluding hydrogens is 252 g/mol. The van der Waals surface area contributed by atoms with E-state index < -0.39 is 10.9 Å². The van der Waals surface area contributed by atoms with E-state index in [9.17, 15) is 14.9 Å². The number of carbonyl (C=O) groups is 1. The van der Waals surface area contributed by atoms with Crippen molar-refractivity contribution in [1.82, 2.24) is 0 Å². The molecule has 0 radical (unpaired) electrons. The van der Waals surface area contributed by atoms with E-state index in [1.165, 1.54) is 23.1 Å². The molecule has 1 aromatic rings. The first-order chi connectivity index (χ1) is 9.01. The van der Waals surface area contributed by atoms with Crippen molar-refractivity contribution in [3.05, 3.63) is 46.5 Å². The van der Waals surface area contributed by atoms with E-state index in [0.717, 1.165) is 6.07 Å². The molecular formula is C12H14N2O5. The highest BCUT2D eigenvalue weighted by atomic mass is 16.6. The van der Waals surface area contributed by atoms with Crippen LogP contribution in [0.3, 0.4) is 0 Å². The summed E-state index contributed by atoms with van der Waals surface area (Å²) in [6.45, 7) is 3.78. The third-order valence-corrected chi connectivity index (χ3v) is 2.48. The van der Waals surface area contributed by atoms with Gasteiger partial charge in [0, 0.05) is 25.2 Å². The second-order valence-corrected chi connectivity index (χ2v) is 3.72. The molecule has 1 rings (SSSR count). The van der Waals surface area contributed by atoms with Crippen molar-refractivity contribution < 1.29 is 19.9 Å². The van der Waals surface area contributed by atoms with Crippen LogP contribution in [0.25, 0.3) is 0 Å². The van der Waals surface area contributed by atoms with Gasteiger partial charge in [0.1, 0.15) is 0 Å². The number of rotatable bonds is 7. The lowest BCUT2D eigenvalue weighted by Gasteiger charge is -2.23. The van der Waals surface area contributed by atoms with Crippen LogP contribution >= 0.6 is 0 Å². The Hall–Kier alpha value is -2.41. The van der Waals surface area contributed by atoms with Gasteiger partial charge < -0.3 is 15.1 Å². The van der Waals surface area contributed by atoms with E-state index >= 15 is 0 Å². The Kier molecular flexibility index (Phi) is 5.01. The van der Waals surface area contributed by atoms with Gasteiger partial charge in [-0.25, -0.2) is 4.79 Å². The summed E-state index contributed by atoms with van der Waals surface area (Å²) in [6, 6.07) is 3.50. The number of hydrogen-bond donors (Lipinski definition) is 2. The van der Waals surface area contributed by atoms with Crippen LogP contribution in [-0.2, 0) is 0 Å². The molecule has 0 amide bonds. The van der Waals surface area contributed by atoms with Crippen molar-refractivity contribution in [2.24, 2.45) is 0 Å². The lowest BCUT2D eigenvalue weighted by atomic mass is 10.1. The second-order valence-electron chi connectivity index (χ2n) is 3.72. The number of benzene rings is 1. The van der Waals surface area contributed by atoms with Crippen LogP contribution in [-0.4, -0.2) is 40.8 Å². The predicted molar refractivity (Wildman–Crippen MR) is 69.6 cm³/mol. The zero-order valence-electron chi connectivity index (χ0n) is 10.2. The van der Waals surface area contributed by atoms with E-state index in [0.29, 0.717) is 0 Å². The number of carboxylic acid groups (broad SMARTS) is 1. The summed E-state index contributed by atoms with van der Waals surface area (Å²) in [5.74, 6) is -1.18. The van der Waals surface area contributed by atoms with Crippen molar-refractivity contribution in [3.8, 4) is 0 Å². The normalized spacial score (nSPS) is 9.95. The number of carboxylic acids is 1. The number of nitro benzene ring substituents is 1. The van der Waals surface area contributed by atoms with Gasteiger partial charge >= 0.3 is 5.97 Å². The van der Waals surface area contributed by atoms with Crippen LogP contribution in [0.2, 0.25) is 0 Å². The molecule has 0 unspecified atom stereocenters. The molecule has 0 aromatic heterocycles. The molecule has 7 nitrogen and oxygen atoms in total. The van der Waals surface area contributed by atoms with Gasteiger partial charge in [-0.3, -0.25) is 10.1 Å². The fourth-order valence-electron chi connectivity index (χ4n) is 1.66. The number of nitrogens with zero attached hydrogens (tertiary/aromatic N) is 2. The van der Waals surface area contributed by atoms with Crippen LogP contribution in [0.15, 0.2) is 30.9 Å². The third-order valence-electron chi connectivity index (χ3n) is 2.48. The number of aromatic carboxylic acids is 1.